The van der Waals surface area contributed by atoms with Crippen molar-refractivity contribution in [2.75, 3.05) is 20.6 Å². The molecule has 3 heteroatoms. The first-order chi connectivity index (χ1) is 9.08. The first kappa shape index (κ1) is 12.7. The van der Waals surface area contributed by atoms with Gasteiger partial charge in [0.05, 0.1) is 17.9 Å². The van der Waals surface area contributed by atoms with Gasteiger partial charge in [-0.1, -0.05) is 18.2 Å². The molecule has 2 unspecified atom stereocenters. The highest BCUT2D eigenvalue weighted by Gasteiger charge is 2.29. The summed E-state index contributed by atoms with van der Waals surface area (Å²) in [5.41, 5.74) is 4.13. The number of ether oxygens (including phenoxy) is 1. The number of aryl methyl sites for hydroxylation is 1. The Labute approximate surface area is 114 Å². The lowest BCUT2D eigenvalue weighted by Gasteiger charge is -2.31. The van der Waals surface area contributed by atoms with E-state index in [9.17, 15) is 0 Å². The second-order valence-electron chi connectivity index (χ2n) is 5.81. The molecule has 3 nitrogen and oxygen atoms in total. The van der Waals surface area contributed by atoms with E-state index in [2.05, 4.69) is 61.8 Å². The van der Waals surface area contributed by atoms with Gasteiger partial charge < -0.3 is 14.2 Å². The standard InChI is InChI=1S/C16H22N2O/c1-11-16-14(9-12(19-11)10-17(2)3)13-7-5-6-8-15(13)18(16)4/h5-8,11-12H,9-10H2,1-4H3. The van der Waals surface area contributed by atoms with E-state index in [1.54, 1.807) is 0 Å². The van der Waals surface area contributed by atoms with Crippen LogP contribution < -0.4 is 0 Å². The number of para-hydroxylation sites is 1. The highest BCUT2D eigenvalue weighted by molar-refractivity contribution is 5.86. The van der Waals surface area contributed by atoms with Crippen LogP contribution in [0.4, 0.5) is 0 Å². The van der Waals surface area contributed by atoms with Crippen LogP contribution in [0.15, 0.2) is 24.3 Å². The molecule has 1 aromatic carbocycles. The number of nitrogens with zero attached hydrogens (tertiary/aromatic N) is 2. The quantitative estimate of drug-likeness (QED) is 0.824. The largest absolute Gasteiger partial charge is 0.367 e. The van der Waals surface area contributed by atoms with Gasteiger partial charge in [0.2, 0.25) is 0 Å². The fourth-order valence-electron chi connectivity index (χ4n) is 3.37. The van der Waals surface area contributed by atoms with E-state index in [1.165, 1.54) is 22.2 Å². The molecule has 0 amide bonds. The number of benzene rings is 1. The van der Waals surface area contributed by atoms with Crippen molar-refractivity contribution in [1.82, 2.24) is 9.47 Å². The molecule has 0 aliphatic carbocycles. The van der Waals surface area contributed by atoms with Crippen molar-refractivity contribution in [3.63, 3.8) is 0 Å². The summed E-state index contributed by atoms with van der Waals surface area (Å²) in [5, 5.41) is 1.39. The van der Waals surface area contributed by atoms with Crippen LogP contribution in [0.2, 0.25) is 0 Å². The average molecular weight is 258 g/mol. The second kappa shape index (κ2) is 4.66. The molecular weight excluding hydrogens is 236 g/mol. The number of hydrogen-bond donors (Lipinski definition) is 0. The number of fused-ring (bicyclic) bond motifs is 3. The maximum Gasteiger partial charge on any atom is 0.0954 e. The summed E-state index contributed by atoms with van der Waals surface area (Å²) in [7, 11) is 6.35. The molecule has 0 saturated carbocycles. The van der Waals surface area contributed by atoms with Crippen LogP contribution in [0.1, 0.15) is 24.3 Å². The van der Waals surface area contributed by atoms with Gasteiger partial charge in [-0.05, 0) is 32.6 Å². The Bertz CT molecular complexity index is 600. The fraction of sp³-hybridized carbons (Fsp3) is 0.500. The van der Waals surface area contributed by atoms with E-state index in [0.717, 1.165) is 13.0 Å². The van der Waals surface area contributed by atoms with E-state index < -0.39 is 0 Å². The summed E-state index contributed by atoms with van der Waals surface area (Å²) >= 11 is 0. The maximum atomic E-state index is 6.17. The Hall–Kier alpha value is -1.32. The van der Waals surface area contributed by atoms with E-state index in [0.29, 0.717) is 6.10 Å². The first-order valence-corrected chi connectivity index (χ1v) is 6.94. The molecule has 0 fully saturated rings. The lowest BCUT2D eigenvalue weighted by molar-refractivity contribution is -0.0294. The number of rotatable bonds is 2. The van der Waals surface area contributed by atoms with E-state index in [-0.39, 0.29) is 6.10 Å². The van der Waals surface area contributed by atoms with Crippen LogP contribution in [0.3, 0.4) is 0 Å². The fourth-order valence-corrected chi connectivity index (χ4v) is 3.37. The van der Waals surface area contributed by atoms with Gasteiger partial charge in [0.15, 0.2) is 0 Å². The Balaban J connectivity index is 2.08. The van der Waals surface area contributed by atoms with Gasteiger partial charge in [-0.15, -0.1) is 0 Å². The molecule has 102 valence electrons. The minimum atomic E-state index is 0.172. The number of likely N-dealkylation sites (N-methyl/N-ethyl adjacent to an activating group) is 1. The monoisotopic (exact) mass is 258 g/mol. The van der Waals surface area contributed by atoms with Crippen LogP contribution in [0.5, 0.6) is 0 Å². The predicted molar refractivity (Wildman–Crippen MR) is 78.5 cm³/mol. The molecule has 2 heterocycles. The zero-order valence-corrected chi connectivity index (χ0v) is 12.2. The third-order valence-corrected chi connectivity index (χ3v) is 4.04. The SMILES string of the molecule is CC1OC(CN(C)C)Cc2c1n(C)c1ccccc21. The Kier molecular flexibility index (Phi) is 3.11. The van der Waals surface area contributed by atoms with Crippen LogP contribution in [0.25, 0.3) is 10.9 Å². The van der Waals surface area contributed by atoms with Gasteiger partial charge >= 0.3 is 0 Å². The summed E-state index contributed by atoms with van der Waals surface area (Å²) in [6, 6.07) is 8.67. The smallest absolute Gasteiger partial charge is 0.0954 e. The van der Waals surface area contributed by atoms with Crippen molar-refractivity contribution in [1.29, 1.82) is 0 Å². The Morgan fingerprint density at radius 1 is 1.32 bits per heavy atom. The van der Waals surface area contributed by atoms with Crippen molar-refractivity contribution in [3.8, 4) is 0 Å². The van der Waals surface area contributed by atoms with Gasteiger partial charge in [-0.2, -0.15) is 0 Å². The van der Waals surface area contributed by atoms with E-state index in [4.69, 9.17) is 4.74 Å². The minimum Gasteiger partial charge on any atom is -0.367 e. The third kappa shape index (κ3) is 2.07. The lowest BCUT2D eigenvalue weighted by atomic mass is 9.98. The molecule has 0 spiro atoms. The van der Waals surface area contributed by atoms with Gasteiger partial charge in [-0.25, -0.2) is 0 Å². The highest BCUT2D eigenvalue weighted by atomic mass is 16.5. The summed E-state index contributed by atoms with van der Waals surface area (Å²) in [5.74, 6) is 0. The molecule has 0 radical (unpaired) electrons. The molecular formula is C16H22N2O. The second-order valence-corrected chi connectivity index (χ2v) is 5.81. The van der Waals surface area contributed by atoms with Crippen molar-refractivity contribution < 1.29 is 4.74 Å². The topological polar surface area (TPSA) is 17.4 Å². The summed E-state index contributed by atoms with van der Waals surface area (Å²) < 4.78 is 8.46. The van der Waals surface area contributed by atoms with Gasteiger partial charge in [0.25, 0.3) is 0 Å². The molecule has 1 aromatic heterocycles. The molecule has 0 N–H and O–H groups in total. The Morgan fingerprint density at radius 3 is 2.79 bits per heavy atom. The highest BCUT2D eigenvalue weighted by Crippen LogP contribution is 2.36. The van der Waals surface area contributed by atoms with Crippen molar-refractivity contribution in [3.05, 3.63) is 35.5 Å². The minimum absolute atomic E-state index is 0.172. The summed E-state index contributed by atoms with van der Waals surface area (Å²) in [6.07, 6.45) is 1.48. The molecule has 1 aliphatic rings. The first-order valence-electron chi connectivity index (χ1n) is 6.94. The van der Waals surface area contributed by atoms with Crippen LogP contribution >= 0.6 is 0 Å². The molecule has 2 aromatic rings. The summed E-state index contributed by atoms with van der Waals surface area (Å²) in [6.45, 7) is 3.15. The van der Waals surface area contributed by atoms with Crippen molar-refractivity contribution in [2.24, 2.45) is 7.05 Å². The molecule has 3 rings (SSSR count). The summed E-state index contributed by atoms with van der Waals surface area (Å²) in [4.78, 5) is 2.20. The van der Waals surface area contributed by atoms with Crippen molar-refractivity contribution >= 4 is 10.9 Å². The van der Waals surface area contributed by atoms with Gasteiger partial charge in [0.1, 0.15) is 0 Å². The molecule has 0 saturated heterocycles. The van der Waals surface area contributed by atoms with Crippen LogP contribution in [-0.2, 0) is 18.2 Å². The zero-order chi connectivity index (χ0) is 13.6. The molecule has 19 heavy (non-hydrogen) atoms. The third-order valence-electron chi connectivity index (χ3n) is 4.04. The van der Waals surface area contributed by atoms with Crippen molar-refractivity contribution in [2.45, 2.75) is 25.6 Å². The van der Waals surface area contributed by atoms with Crippen LogP contribution in [-0.4, -0.2) is 36.2 Å². The lowest BCUT2D eigenvalue weighted by Crippen LogP contribution is -2.34. The molecule has 1 aliphatic heterocycles. The number of aromatic nitrogens is 1. The van der Waals surface area contributed by atoms with Gasteiger partial charge in [0, 0.05) is 30.9 Å². The predicted octanol–water partition coefficient (Wildman–Crippen LogP) is 2.74. The maximum absolute atomic E-state index is 6.17. The average Bonchev–Trinajstić information content (AvgIpc) is 2.63. The number of hydrogen-bond acceptors (Lipinski definition) is 2. The Morgan fingerprint density at radius 2 is 2.05 bits per heavy atom. The van der Waals surface area contributed by atoms with E-state index >= 15 is 0 Å². The van der Waals surface area contributed by atoms with Gasteiger partial charge in [-0.3, -0.25) is 0 Å². The normalized spacial score (nSPS) is 23.0. The van der Waals surface area contributed by atoms with E-state index in [1.807, 2.05) is 0 Å². The van der Waals surface area contributed by atoms with Crippen LogP contribution in [0, 0.1) is 0 Å². The molecule has 0 bridgehead atoms. The molecule has 2 atom stereocenters. The zero-order valence-electron chi connectivity index (χ0n) is 12.2.